The molecule has 0 saturated carbocycles. The van der Waals surface area contributed by atoms with Crippen molar-refractivity contribution in [2.24, 2.45) is 0 Å². The van der Waals surface area contributed by atoms with Crippen molar-refractivity contribution in [3.63, 3.8) is 0 Å². The van der Waals surface area contributed by atoms with E-state index >= 15 is 0 Å². The Morgan fingerprint density at radius 2 is 2.10 bits per heavy atom. The van der Waals surface area contributed by atoms with Crippen molar-refractivity contribution in [1.82, 2.24) is 10.2 Å². The molecule has 20 heavy (non-hydrogen) atoms. The lowest BCUT2D eigenvalue weighted by Gasteiger charge is -2.26. The highest BCUT2D eigenvalue weighted by atomic mass is 16.5. The molecule has 1 saturated heterocycles. The van der Waals surface area contributed by atoms with E-state index in [1.54, 1.807) is 0 Å². The van der Waals surface area contributed by atoms with Crippen LogP contribution in [-0.4, -0.2) is 50.8 Å². The molecule has 0 atom stereocenters. The Bertz CT molecular complexity index is 430. The highest BCUT2D eigenvalue weighted by Crippen LogP contribution is 2.18. The van der Waals surface area contributed by atoms with Gasteiger partial charge in [0.15, 0.2) is 0 Å². The maximum absolute atomic E-state index is 5.36. The zero-order valence-electron chi connectivity index (χ0n) is 12.2. The zero-order chi connectivity index (χ0) is 13.6. The van der Waals surface area contributed by atoms with E-state index in [1.807, 2.05) is 0 Å². The maximum Gasteiger partial charge on any atom is 0.0594 e. The van der Waals surface area contributed by atoms with E-state index in [2.05, 4.69) is 33.7 Å². The standard InChI is InChI=1S/C16H25N3O/c1(7-19-8-10-20-11-9-19)5-18-16-3-2-14-4-6-17-13-15(14)12-16/h2-3,12,17-18H,1,4-11,13H2. The largest absolute Gasteiger partial charge is 0.385 e. The van der Waals surface area contributed by atoms with E-state index in [1.165, 1.54) is 29.8 Å². The van der Waals surface area contributed by atoms with Crippen LogP contribution in [0, 0.1) is 0 Å². The van der Waals surface area contributed by atoms with Gasteiger partial charge in [0.1, 0.15) is 0 Å². The number of morpholine rings is 1. The van der Waals surface area contributed by atoms with Crippen molar-refractivity contribution in [1.29, 1.82) is 0 Å². The Kier molecular flexibility index (Phi) is 4.90. The lowest BCUT2D eigenvalue weighted by Crippen LogP contribution is -2.37. The topological polar surface area (TPSA) is 36.5 Å². The van der Waals surface area contributed by atoms with Crippen LogP contribution in [-0.2, 0) is 17.7 Å². The first-order valence-electron chi connectivity index (χ1n) is 7.78. The van der Waals surface area contributed by atoms with Gasteiger partial charge in [-0.1, -0.05) is 6.07 Å². The van der Waals surface area contributed by atoms with Crippen LogP contribution in [0.25, 0.3) is 0 Å². The molecule has 2 aliphatic heterocycles. The van der Waals surface area contributed by atoms with Gasteiger partial charge in [0.2, 0.25) is 0 Å². The minimum Gasteiger partial charge on any atom is -0.385 e. The fraction of sp³-hybridized carbons (Fsp3) is 0.625. The lowest BCUT2D eigenvalue weighted by molar-refractivity contribution is 0.0378. The molecule has 0 aromatic heterocycles. The third kappa shape index (κ3) is 3.72. The normalized spacial score (nSPS) is 19.6. The molecule has 0 amide bonds. The SMILES string of the molecule is c1cc2c(cc1NCCCN1CCOCC1)CNCC2. The second kappa shape index (κ2) is 7.07. The first-order valence-corrected chi connectivity index (χ1v) is 7.78. The smallest absolute Gasteiger partial charge is 0.0594 e. The summed E-state index contributed by atoms with van der Waals surface area (Å²) in [6.45, 7) is 8.30. The van der Waals surface area contributed by atoms with Gasteiger partial charge in [-0.3, -0.25) is 4.90 Å². The molecule has 2 N–H and O–H groups in total. The van der Waals surface area contributed by atoms with Gasteiger partial charge in [0.25, 0.3) is 0 Å². The minimum atomic E-state index is 0.894. The number of ether oxygens (including phenoxy) is 1. The average molecular weight is 275 g/mol. The van der Waals surface area contributed by atoms with Crippen LogP contribution in [0.1, 0.15) is 17.5 Å². The summed E-state index contributed by atoms with van der Waals surface area (Å²) in [7, 11) is 0. The van der Waals surface area contributed by atoms with E-state index in [0.29, 0.717) is 0 Å². The highest BCUT2D eigenvalue weighted by molar-refractivity contribution is 5.49. The fourth-order valence-electron chi connectivity index (χ4n) is 2.95. The van der Waals surface area contributed by atoms with Crippen LogP contribution >= 0.6 is 0 Å². The Hall–Kier alpha value is -1.10. The number of hydrogen-bond donors (Lipinski definition) is 2. The predicted molar refractivity (Wildman–Crippen MR) is 82.2 cm³/mol. The van der Waals surface area contributed by atoms with Crippen LogP contribution in [0.15, 0.2) is 18.2 Å². The monoisotopic (exact) mass is 275 g/mol. The Morgan fingerprint density at radius 1 is 1.20 bits per heavy atom. The number of fused-ring (bicyclic) bond motifs is 1. The van der Waals surface area contributed by atoms with Crippen LogP contribution in [0.3, 0.4) is 0 Å². The molecule has 1 aromatic rings. The van der Waals surface area contributed by atoms with Gasteiger partial charge in [-0.15, -0.1) is 0 Å². The summed E-state index contributed by atoms with van der Waals surface area (Å²) in [4.78, 5) is 2.49. The molecule has 2 aliphatic rings. The van der Waals surface area contributed by atoms with E-state index < -0.39 is 0 Å². The van der Waals surface area contributed by atoms with Gasteiger partial charge < -0.3 is 15.4 Å². The molecule has 4 heteroatoms. The molecular formula is C16H25N3O. The third-order valence-corrected chi connectivity index (χ3v) is 4.18. The Morgan fingerprint density at radius 3 is 3.00 bits per heavy atom. The molecular weight excluding hydrogens is 250 g/mol. The zero-order valence-corrected chi connectivity index (χ0v) is 12.2. The number of nitrogens with zero attached hydrogens (tertiary/aromatic N) is 1. The quantitative estimate of drug-likeness (QED) is 0.798. The van der Waals surface area contributed by atoms with Crippen LogP contribution in [0.4, 0.5) is 5.69 Å². The van der Waals surface area contributed by atoms with Crippen molar-refractivity contribution in [2.45, 2.75) is 19.4 Å². The predicted octanol–water partition coefficient (Wildman–Crippen LogP) is 1.47. The summed E-state index contributed by atoms with van der Waals surface area (Å²) in [6.07, 6.45) is 2.35. The molecule has 110 valence electrons. The van der Waals surface area contributed by atoms with Gasteiger partial charge in [-0.25, -0.2) is 0 Å². The number of nitrogens with one attached hydrogen (secondary N) is 2. The summed E-state index contributed by atoms with van der Waals surface area (Å²) in [6, 6.07) is 6.80. The Labute approximate surface area is 121 Å². The van der Waals surface area contributed by atoms with Crippen molar-refractivity contribution in [3.05, 3.63) is 29.3 Å². The van der Waals surface area contributed by atoms with E-state index in [-0.39, 0.29) is 0 Å². The molecule has 2 heterocycles. The lowest BCUT2D eigenvalue weighted by atomic mass is 10.0. The summed E-state index contributed by atoms with van der Waals surface area (Å²) in [5.74, 6) is 0. The summed E-state index contributed by atoms with van der Waals surface area (Å²) in [5, 5.41) is 6.98. The third-order valence-electron chi connectivity index (χ3n) is 4.18. The second-order valence-electron chi connectivity index (χ2n) is 5.64. The van der Waals surface area contributed by atoms with Crippen LogP contribution in [0.2, 0.25) is 0 Å². The first kappa shape index (κ1) is 13.9. The Balaban J connectivity index is 1.41. The molecule has 3 rings (SSSR count). The van der Waals surface area contributed by atoms with Gasteiger partial charge >= 0.3 is 0 Å². The van der Waals surface area contributed by atoms with Crippen LogP contribution in [0.5, 0.6) is 0 Å². The van der Waals surface area contributed by atoms with E-state index in [0.717, 1.165) is 52.4 Å². The van der Waals surface area contributed by atoms with Gasteiger partial charge in [0.05, 0.1) is 13.2 Å². The molecule has 1 aromatic carbocycles. The molecule has 1 fully saturated rings. The number of hydrogen-bond acceptors (Lipinski definition) is 4. The molecule has 0 unspecified atom stereocenters. The summed E-state index contributed by atoms with van der Waals surface area (Å²) in [5.41, 5.74) is 4.21. The number of anilines is 1. The summed E-state index contributed by atoms with van der Waals surface area (Å²) < 4.78 is 5.36. The van der Waals surface area contributed by atoms with Gasteiger partial charge in [0, 0.05) is 31.9 Å². The minimum absolute atomic E-state index is 0.894. The van der Waals surface area contributed by atoms with Gasteiger partial charge in [-0.2, -0.15) is 0 Å². The fourth-order valence-corrected chi connectivity index (χ4v) is 2.95. The molecule has 0 radical (unpaired) electrons. The molecule has 4 nitrogen and oxygen atoms in total. The summed E-state index contributed by atoms with van der Waals surface area (Å²) >= 11 is 0. The molecule has 0 spiro atoms. The van der Waals surface area contributed by atoms with Crippen LogP contribution < -0.4 is 10.6 Å². The number of rotatable bonds is 5. The van der Waals surface area contributed by atoms with Gasteiger partial charge in [-0.05, 0) is 49.2 Å². The average Bonchev–Trinajstić information content (AvgIpc) is 2.52. The van der Waals surface area contributed by atoms with E-state index in [9.17, 15) is 0 Å². The van der Waals surface area contributed by atoms with Crippen molar-refractivity contribution in [2.75, 3.05) is 51.3 Å². The second-order valence-corrected chi connectivity index (χ2v) is 5.64. The molecule has 0 aliphatic carbocycles. The van der Waals surface area contributed by atoms with Crippen molar-refractivity contribution in [3.8, 4) is 0 Å². The molecule has 0 bridgehead atoms. The van der Waals surface area contributed by atoms with Crippen molar-refractivity contribution >= 4 is 5.69 Å². The maximum atomic E-state index is 5.36. The first-order chi connectivity index (χ1) is 9.92. The van der Waals surface area contributed by atoms with Crippen molar-refractivity contribution < 1.29 is 4.74 Å². The highest BCUT2D eigenvalue weighted by Gasteiger charge is 2.10. The van der Waals surface area contributed by atoms with E-state index in [4.69, 9.17) is 4.74 Å². The number of benzene rings is 1.